The van der Waals surface area contributed by atoms with Gasteiger partial charge in [0.1, 0.15) is 0 Å². The van der Waals surface area contributed by atoms with Gasteiger partial charge in [0, 0.05) is 18.8 Å². The Morgan fingerprint density at radius 2 is 2.12 bits per heavy atom. The summed E-state index contributed by atoms with van der Waals surface area (Å²) in [6.07, 6.45) is 1.70. The zero-order valence-corrected chi connectivity index (χ0v) is 10.1. The highest BCUT2D eigenvalue weighted by molar-refractivity contribution is 5.97. The first-order valence-corrected chi connectivity index (χ1v) is 5.31. The normalized spacial score (nSPS) is 10.3. The molecule has 0 N–H and O–H groups in total. The van der Waals surface area contributed by atoms with Crippen LogP contribution in [-0.4, -0.2) is 22.9 Å². The summed E-state index contributed by atoms with van der Waals surface area (Å²) in [5.41, 5.74) is 3.32. The maximum absolute atomic E-state index is 11.7. The molecule has 4 heteroatoms. The van der Waals surface area contributed by atoms with Gasteiger partial charge < -0.3 is 4.74 Å². The Kier molecular flexibility index (Phi) is 2.95. The number of aromatic nitrogens is 2. The van der Waals surface area contributed by atoms with Crippen molar-refractivity contribution in [1.82, 2.24) is 9.78 Å². The molecule has 1 aromatic carbocycles. The fourth-order valence-corrected chi connectivity index (χ4v) is 1.80. The molecule has 2 aromatic rings. The van der Waals surface area contributed by atoms with Crippen molar-refractivity contribution in [1.29, 1.82) is 0 Å². The first-order chi connectivity index (χ1) is 8.13. The van der Waals surface area contributed by atoms with Crippen molar-refractivity contribution < 1.29 is 9.53 Å². The highest BCUT2D eigenvalue weighted by Gasteiger charge is 2.15. The highest BCUT2D eigenvalue weighted by Crippen LogP contribution is 2.24. The number of rotatable bonds is 2. The Labute approximate surface area is 99.8 Å². The first kappa shape index (κ1) is 11.4. The lowest BCUT2D eigenvalue weighted by Crippen LogP contribution is -2.05. The largest absolute Gasteiger partial charge is 0.465 e. The maximum Gasteiger partial charge on any atom is 0.338 e. The van der Waals surface area contributed by atoms with E-state index in [1.807, 2.05) is 38.2 Å². The van der Waals surface area contributed by atoms with Crippen LogP contribution in [0.5, 0.6) is 0 Å². The van der Waals surface area contributed by atoms with Gasteiger partial charge in [0.2, 0.25) is 0 Å². The van der Waals surface area contributed by atoms with Crippen LogP contribution in [0.25, 0.3) is 11.3 Å². The molecule has 4 nitrogen and oxygen atoms in total. The van der Waals surface area contributed by atoms with Gasteiger partial charge in [0.05, 0.1) is 18.4 Å². The molecule has 88 valence electrons. The Bertz CT molecular complexity index is 558. The number of methoxy groups -OCH3 is 1. The second kappa shape index (κ2) is 4.41. The third-order valence-corrected chi connectivity index (χ3v) is 2.68. The molecular formula is C13H14N2O2. The first-order valence-electron chi connectivity index (χ1n) is 5.31. The van der Waals surface area contributed by atoms with E-state index in [1.54, 1.807) is 10.9 Å². The van der Waals surface area contributed by atoms with Gasteiger partial charge in [0.15, 0.2) is 0 Å². The standard InChI is InChI=1S/C13H14N2O2/c1-9-4-5-10(11(8-9)13(16)17-3)12-6-7-14-15(12)2/h4-8H,1-3H3. The second-order valence-corrected chi connectivity index (χ2v) is 3.88. The van der Waals surface area contributed by atoms with Gasteiger partial charge in [-0.25, -0.2) is 4.79 Å². The average Bonchev–Trinajstić information content (AvgIpc) is 2.74. The van der Waals surface area contributed by atoms with Crippen LogP contribution in [-0.2, 0) is 11.8 Å². The van der Waals surface area contributed by atoms with E-state index in [0.717, 1.165) is 16.8 Å². The molecule has 0 aliphatic heterocycles. The summed E-state index contributed by atoms with van der Waals surface area (Å²) in [5.74, 6) is -0.329. The molecule has 1 aromatic heterocycles. The summed E-state index contributed by atoms with van der Waals surface area (Å²) in [7, 11) is 3.23. The SMILES string of the molecule is COC(=O)c1cc(C)ccc1-c1ccnn1C. The van der Waals surface area contributed by atoms with E-state index in [9.17, 15) is 4.79 Å². The van der Waals surface area contributed by atoms with Crippen molar-refractivity contribution >= 4 is 5.97 Å². The van der Waals surface area contributed by atoms with Crippen LogP contribution >= 0.6 is 0 Å². The van der Waals surface area contributed by atoms with Crippen molar-refractivity contribution in [3.05, 3.63) is 41.6 Å². The number of aryl methyl sites for hydroxylation is 2. The molecule has 0 saturated carbocycles. The van der Waals surface area contributed by atoms with Gasteiger partial charge >= 0.3 is 5.97 Å². The summed E-state index contributed by atoms with van der Waals surface area (Å²) in [5, 5.41) is 4.11. The Morgan fingerprint density at radius 3 is 2.71 bits per heavy atom. The van der Waals surface area contributed by atoms with E-state index >= 15 is 0 Å². The van der Waals surface area contributed by atoms with Crippen molar-refractivity contribution in [2.24, 2.45) is 7.05 Å². The summed E-state index contributed by atoms with van der Waals surface area (Å²) < 4.78 is 6.53. The van der Waals surface area contributed by atoms with E-state index in [0.29, 0.717) is 5.56 Å². The predicted octanol–water partition coefficient (Wildman–Crippen LogP) is 2.18. The van der Waals surface area contributed by atoms with E-state index in [2.05, 4.69) is 5.10 Å². The molecule has 0 aliphatic rings. The van der Waals surface area contributed by atoms with E-state index in [4.69, 9.17) is 4.74 Å². The lowest BCUT2D eigenvalue weighted by Gasteiger charge is -2.09. The van der Waals surface area contributed by atoms with Crippen LogP contribution in [0.4, 0.5) is 0 Å². The highest BCUT2D eigenvalue weighted by atomic mass is 16.5. The average molecular weight is 230 g/mol. The molecule has 0 saturated heterocycles. The predicted molar refractivity (Wildman–Crippen MR) is 64.7 cm³/mol. The fourth-order valence-electron chi connectivity index (χ4n) is 1.80. The zero-order chi connectivity index (χ0) is 12.4. The van der Waals surface area contributed by atoms with Crippen LogP contribution in [0.3, 0.4) is 0 Å². The van der Waals surface area contributed by atoms with Crippen molar-refractivity contribution in [3.8, 4) is 11.3 Å². The molecule has 0 bridgehead atoms. The zero-order valence-electron chi connectivity index (χ0n) is 10.1. The Morgan fingerprint density at radius 1 is 1.35 bits per heavy atom. The molecule has 0 unspecified atom stereocenters. The van der Waals surface area contributed by atoms with E-state index in [-0.39, 0.29) is 5.97 Å². The Balaban J connectivity index is 2.62. The van der Waals surface area contributed by atoms with Crippen molar-refractivity contribution in [3.63, 3.8) is 0 Å². The number of hydrogen-bond donors (Lipinski definition) is 0. The van der Waals surface area contributed by atoms with Gasteiger partial charge in [-0.05, 0) is 19.1 Å². The van der Waals surface area contributed by atoms with Gasteiger partial charge in [0.25, 0.3) is 0 Å². The van der Waals surface area contributed by atoms with Crippen LogP contribution in [0, 0.1) is 6.92 Å². The molecule has 0 amide bonds. The number of benzene rings is 1. The van der Waals surface area contributed by atoms with Gasteiger partial charge in [-0.1, -0.05) is 17.7 Å². The van der Waals surface area contributed by atoms with Crippen LogP contribution < -0.4 is 0 Å². The monoisotopic (exact) mass is 230 g/mol. The molecule has 17 heavy (non-hydrogen) atoms. The summed E-state index contributed by atoms with van der Waals surface area (Å²) >= 11 is 0. The topological polar surface area (TPSA) is 44.1 Å². The van der Waals surface area contributed by atoms with Crippen molar-refractivity contribution in [2.75, 3.05) is 7.11 Å². The minimum atomic E-state index is -0.329. The third kappa shape index (κ3) is 2.06. The number of carbonyl (C=O) groups excluding carboxylic acids is 1. The molecule has 1 heterocycles. The van der Waals surface area contributed by atoms with Crippen LogP contribution in [0.2, 0.25) is 0 Å². The van der Waals surface area contributed by atoms with Crippen molar-refractivity contribution in [2.45, 2.75) is 6.92 Å². The van der Waals surface area contributed by atoms with Crippen LogP contribution in [0.15, 0.2) is 30.5 Å². The van der Waals surface area contributed by atoms with E-state index in [1.165, 1.54) is 7.11 Å². The molecule has 0 fully saturated rings. The maximum atomic E-state index is 11.7. The van der Waals surface area contributed by atoms with Crippen LogP contribution in [0.1, 0.15) is 15.9 Å². The number of ether oxygens (including phenoxy) is 1. The van der Waals surface area contributed by atoms with Gasteiger partial charge in [-0.15, -0.1) is 0 Å². The molecule has 0 atom stereocenters. The molecule has 0 spiro atoms. The number of hydrogen-bond acceptors (Lipinski definition) is 3. The fraction of sp³-hybridized carbons (Fsp3) is 0.231. The summed E-state index contributed by atoms with van der Waals surface area (Å²) in [4.78, 5) is 11.7. The molecule has 0 aliphatic carbocycles. The third-order valence-electron chi connectivity index (χ3n) is 2.68. The van der Waals surface area contributed by atoms with Gasteiger partial charge in [-0.2, -0.15) is 5.10 Å². The minimum Gasteiger partial charge on any atom is -0.465 e. The molecule has 2 rings (SSSR count). The second-order valence-electron chi connectivity index (χ2n) is 3.88. The van der Waals surface area contributed by atoms with Gasteiger partial charge in [-0.3, -0.25) is 4.68 Å². The minimum absolute atomic E-state index is 0.329. The summed E-state index contributed by atoms with van der Waals surface area (Å²) in [6.45, 7) is 1.94. The Hall–Kier alpha value is -2.10. The number of esters is 1. The smallest absolute Gasteiger partial charge is 0.338 e. The molecular weight excluding hydrogens is 216 g/mol. The summed E-state index contributed by atoms with van der Waals surface area (Å²) in [6, 6.07) is 7.58. The number of carbonyl (C=O) groups is 1. The molecule has 0 radical (unpaired) electrons. The number of nitrogens with zero attached hydrogens (tertiary/aromatic N) is 2. The lowest BCUT2D eigenvalue weighted by atomic mass is 10.0. The quantitative estimate of drug-likeness (QED) is 0.743. The lowest BCUT2D eigenvalue weighted by molar-refractivity contribution is 0.0601. The van der Waals surface area contributed by atoms with E-state index < -0.39 is 0 Å².